The molecule has 0 radical (unpaired) electrons. The number of carboxylic acids is 1. The molecule has 0 spiro atoms. The lowest BCUT2D eigenvalue weighted by Crippen LogP contribution is -2.03. The molecule has 96 valence electrons. The summed E-state index contributed by atoms with van der Waals surface area (Å²) in [4.78, 5) is 22.9. The predicted molar refractivity (Wildman–Crippen MR) is 73.3 cm³/mol. The predicted octanol–water partition coefficient (Wildman–Crippen LogP) is 3.92. The van der Waals surface area contributed by atoms with E-state index in [-0.39, 0.29) is 11.3 Å². The molecule has 0 heterocycles. The first-order valence-electron chi connectivity index (χ1n) is 5.31. The third kappa shape index (κ3) is 3.13. The average Bonchev–Trinajstić information content (AvgIpc) is 2.37. The summed E-state index contributed by atoms with van der Waals surface area (Å²) < 4.78 is 0. The second kappa shape index (κ2) is 5.43. The fourth-order valence-electron chi connectivity index (χ4n) is 1.62. The normalized spacial score (nSPS) is 10.2. The quantitative estimate of drug-likeness (QED) is 0.873. The molecule has 2 rings (SSSR count). The van der Waals surface area contributed by atoms with Crippen LogP contribution >= 0.6 is 23.2 Å². The number of rotatable bonds is 3. The molecule has 2 aromatic rings. The Morgan fingerprint density at radius 2 is 1.26 bits per heavy atom. The number of hydrogen-bond donors (Lipinski definition) is 1. The highest BCUT2D eigenvalue weighted by atomic mass is 35.5. The van der Waals surface area contributed by atoms with Gasteiger partial charge in [0, 0.05) is 21.2 Å². The van der Waals surface area contributed by atoms with Gasteiger partial charge in [-0.2, -0.15) is 0 Å². The molecule has 0 bridgehead atoms. The molecule has 0 fully saturated rings. The van der Waals surface area contributed by atoms with Gasteiger partial charge in [0.15, 0.2) is 5.78 Å². The van der Waals surface area contributed by atoms with Gasteiger partial charge in [0.2, 0.25) is 0 Å². The van der Waals surface area contributed by atoms with Gasteiger partial charge in [0.1, 0.15) is 0 Å². The fourth-order valence-corrected chi connectivity index (χ4v) is 2.14. The van der Waals surface area contributed by atoms with Crippen LogP contribution in [0.1, 0.15) is 26.3 Å². The lowest BCUT2D eigenvalue weighted by molar-refractivity contribution is 0.0696. The van der Waals surface area contributed by atoms with E-state index in [0.717, 1.165) is 0 Å². The lowest BCUT2D eigenvalue weighted by atomic mass is 10.0. The number of ketones is 1. The van der Waals surface area contributed by atoms with Gasteiger partial charge in [-0.1, -0.05) is 35.3 Å². The number of benzene rings is 2. The molecule has 0 aliphatic heterocycles. The standard InChI is InChI=1S/C14H8Cl2O3/c15-11-5-10(6-12(16)7-11)13(17)8-1-3-9(4-2-8)14(18)19/h1-7H,(H,18,19). The topological polar surface area (TPSA) is 54.4 Å². The van der Waals surface area contributed by atoms with Crippen molar-refractivity contribution in [2.45, 2.75) is 0 Å². The zero-order valence-corrected chi connectivity index (χ0v) is 11.1. The Labute approximate surface area is 119 Å². The maximum absolute atomic E-state index is 12.2. The maximum Gasteiger partial charge on any atom is 0.335 e. The first-order chi connectivity index (χ1) is 8.97. The Bertz CT molecular complexity index is 628. The van der Waals surface area contributed by atoms with E-state index >= 15 is 0 Å². The smallest absolute Gasteiger partial charge is 0.335 e. The molecule has 0 amide bonds. The molecular formula is C14H8Cl2O3. The minimum atomic E-state index is -1.04. The van der Waals surface area contributed by atoms with E-state index in [9.17, 15) is 9.59 Å². The van der Waals surface area contributed by atoms with Gasteiger partial charge >= 0.3 is 5.97 Å². The second-order valence-electron chi connectivity index (χ2n) is 3.87. The SMILES string of the molecule is O=C(O)c1ccc(C(=O)c2cc(Cl)cc(Cl)c2)cc1. The Morgan fingerprint density at radius 1 is 0.789 bits per heavy atom. The van der Waals surface area contributed by atoms with E-state index in [4.69, 9.17) is 28.3 Å². The zero-order valence-electron chi connectivity index (χ0n) is 9.56. The van der Waals surface area contributed by atoms with Crippen molar-refractivity contribution in [1.82, 2.24) is 0 Å². The van der Waals surface area contributed by atoms with Crippen LogP contribution in [-0.4, -0.2) is 16.9 Å². The van der Waals surface area contributed by atoms with E-state index in [0.29, 0.717) is 21.2 Å². The van der Waals surface area contributed by atoms with Crippen molar-refractivity contribution in [1.29, 1.82) is 0 Å². The number of aromatic carboxylic acids is 1. The number of halogens is 2. The molecule has 19 heavy (non-hydrogen) atoms. The Balaban J connectivity index is 2.35. The van der Waals surface area contributed by atoms with Crippen LogP contribution in [0.15, 0.2) is 42.5 Å². The highest BCUT2D eigenvalue weighted by Crippen LogP contribution is 2.21. The molecule has 0 aliphatic carbocycles. The van der Waals surface area contributed by atoms with Crippen molar-refractivity contribution < 1.29 is 14.7 Å². The molecule has 0 saturated heterocycles. The molecule has 0 unspecified atom stereocenters. The van der Waals surface area contributed by atoms with Crippen LogP contribution in [0, 0.1) is 0 Å². The summed E-state index contributed by atoms with van der Waals surface area (Å²) >= 11 is 11.7. The number of carbonyl (C=O) groups is 2. The summed E-state index contributed by atoms with van der Waals surface area (Å²) in [6, 6.07) is 10.2. The summed E-state index contributed by atoms with van der Waals surface area (Å²) in [5, 5.41) is 9.53. The maximum atomic E-state index is 12.2. The first kappa shape index (κ1) is 13.6. The molecule has 0 atom stereocenters. The molecule has 0 saturated carbocycles. The third-order valence-corrected chi connectivity index (χ3v) is 2.96. The van der Waals surface area contributed by atoms with E-state index in [1.807, 2.05) is 0 Å². The number of carboxylic acid groups (broad SMARTS) is 1. The van der Waals surface area contributed by atoms with Crippen LogP contribution in [0.3, 0.4) is 0 Å². The minimum Gasteiger partial charge on any atom is -0.478 e. The lowest BCUT2D eigenvalue weighted by Gasteiger charge is -2.03. The molecular weight excluding hydrogens is 287 g/mol. The highest BCUT2D eigenvalue weighted by Gasteiger charge is 2.11. The summed E-state index contributed by atoms with van der Waals surface area (Å²) in [5.41, 5.74) is 0.865. The Kier molecular flexibility index (Phi) is 3.88. The van der Waals surface area contributed by atoms with Crippen molar-refractivity contribution in [3.8, 4) is 0 Å². The van der Waals surface area contributed by atoms with E-state index in [2.05, 4.69) is 0 Å². The number of hydrogen-bond acceptors (Lipinski definition) is 2. The minimum absolute atomic E-state index is 0.126. The van der Waals surface area contributed by atoms with Crippen molar-refractivity contribution in [3.63, 3.8) is 0 Å². The average molecular weight is 295 g/mol. The van der Waals surface area contributed by atoms with Crippen molar-refractivity contribution in [3.05, 3.63) is 69.2 Å². The summed E-state index contributed by atoms with van der Waals surface area (Å²) in [6.45, 7) is 0. The van der Waals surface area contributed by atoms with E-state index < -0.39 is 5.97 Å². The molecule has 3 nitrogen and oxygen atoms in total. The zero-order chi connectivity index (χ0) is 14.0. The monoisotopic (exact) mass is 294 g/mol. The van der Waals surface area contributed by atoms with Gasteiger partial charge in [-0.15, -0.1) is 0 Å². The molecule has 2 aromatic carbocycles. The summed E-state index contributed by atoms with van der Waals surface area (Å²) in [6.07, 6.45) is 0. The second-order valence-corrected chi connectivity index (χ2v) is 4.74. The third-order valence-electron chi connectivity index (χ3n) is 2.52. The van der Waals surface area contributed by atoms with Crippen LogP contribution in [0.4, 0.5) is 0 Å². The van der Waals surface area contributed by atoms with Crippen LogP contribution in [0.2, 0.25) is 10.0 Å². The summed E-state index contributed by atoms with van der Waals surface area (Å²) in [7, 11) is 0. The fraction of sp³-hybridized carbons (Fsp3) is 0. The van der Waals surface area contributed by atoms with Gasteiger partial charge in [0.05, 0.1) is 5.56 Å². The van der Waals surface area contributed by atoms with Crippen molar-refractivity contribution in [2.75, 3.05) is 0 Å². The van der Waals surface area contributed by atoms with Crippen LogP contribution < -0.4 is 0 Å². The van der Waals surface area contributed by atoms with Gasteiger partial charge in [0.25, 0.3) is 0 Å². The van der Waals surface area contributed by atoms with Crippen LogP contribution in [-0.2, 0) is 0 Å². The molecule has 5 heteroatoms. The highest BCUT2D eigenvalue weighted by molar-refractivity contribution is 6.35. The van der Waals surface area contributed by atoms with Gasteiger partial charge in [-0.25, -0.2) is 4.79 Å². The largest absolute Gasteiger partial charge is 0.478 e. The van der Waals surface area contributed by atoms with Crippen molar-refractivity contribution >= 4 is 35.0 Å². The van der Waals surface area contributed by atoms with E-state index in [1.165, 1.54) is 42.5 Å². The number of carbonyl (C=O) groups excluding carboxylic acids is 1. The summed E-state index contributed by atoms with van der Waals surface area (Å²) in [5.74, 6) is -1.30. The first-order valence-corrected chi connectivity index (χ1v) is 6.07. The Morgan fingerprint density at radius 3 is 1.74 bits per heavy atom. The molecule has 0 aliphatic rings. The van der Waals surface area contributed by atoms with Gasteiger partial charge in [-0.3, -0.25) is 4.79 Å². The van der Waals surface area contributed by atoms with E-state index in [1.54, 1.807) is 0 Å². The van der Waals surface area contributed by atoms with Gasteiger partial charge < -0.3 is 5.11 Å². The van der Waals surface area contributed by atoms with Gasteiger partial charge in [-0.05, 0) is 30.3 Å². The Hall–Kier alpha value is -1.84. The van der Waals surface area contributed by atoms with Crippen LogP contribution in [0.25, 0.3) is 0 Å². The van der Waals surface area contributed by atoms with Crippen LogP contribution in [0.5, 0.6) is 0 Å². The molecule has 1 N–H and O–H groups in total. The van der Waals surface area contributed by atoms with Crippen molar-refractivity contribution in [2.24, 2.45) is 0 Å². The molecule has 0 aromatic heterocycles.